The number of amides is 1. The van der Waals surface area contributed by atoms with Crippen molar-refractivity contribution in [3.05, 3.63) is 28.0 Å². The lowest BCUT2D eigenvalue weighted by molar-refractivity contribution is -0.0586. The molecule has 0 saturated carbocycles. The smallest absolute Gasteiger partial charge is 0.265 e. The second kappa shape index (κ2) is 5.24. The number of carbonyl (C=O) groups excluding carboxylic acids is 1. The van der Waals surface area contributed by atoms with Gasteiger partial charge in [0.05, 0.1) is 17.8 Å². The molecule has 0 aromatic carbocycles. The number of carbonyl (C=O) groups is 1. The Morgan fingerprint density at radius 1 is 1.32 bits per heavy atom. The number of aromatic nitrogens is 2. The highest BCUT2D eigenvalue weighted by Crippen LogP contribution is 2.24. The summed E-state index contributed by atoms with van der Waals surface area (Å²) in [5, 5.41) is 0.249. The minimum Gasteiger partial charge on any atom is -0.442 e. The largest absolute Gasteiger partial charge is 0.442 e. The van der Waals surface area contributed by atoms with Crippen molar-refractivity contribution in [3.8, 4) is 0 Å². The van der Waals surface area contributed by atoms with Gasteiger partial charge in [-0.05, 0) is 20.8 Å². The lowest BCUT2D eigenvalue weighted by atomic mass is 10.1. The van der Waals surface area contributed by atoms with Crippen LogP contribution >= 0.6 is 0 Å². The van der Waals surface area contributed by atoms with Gasteiger partial charge in [0.25, 0.3) is 11.5 Å². The summed E-state index contributed by atoms with van der Waals surface area (Å²) in [5.74, 6) is 0.214. The van der Waals surface area contributed by atoms with E-state index in [1.165, 1.54) is 10.9 Å². The molecule has 1 saturated heterocycles. The predicted octanol–water partition coefficient (Wildman–Crippen LogP) is 1.08. The summed E-state index contributed by atoms with van der Waals surface area (Å²) in [6.07, 6.45) is 1.32. The van der Waals surface area contributed by atoms with Gasteiger partial charge in [-0.1, -0.05) is 0 Å². The van der Waals surface area contributed by atoms with Crippen molar-refractivity contribution in [2.24, 2.45) is 7.05 Å². The molecule has 1 aliphatic heterocycles. The zero-order valence-electron chi connectivity index (χ0n) is 13.1. The molecule has 0 radical (unpaired) electrons. The molecule has 0 N–H and O–H groups in total. The molecule has 0 spiro atoms. The molecule has 22 heavy (non-hydrogen) atoms. The normalized spacial score (nSPS) is 22.3. The summed E-state index contributed by atoms with van der Waals surface area (Å²) in [6.45, 7) is 6.53. The van der Waals surface area contributed by atoms with Gasteiger partial charge in [-0.3, -0.25) is 9.59 Å². The Kier molecular flexibility index (Phi) is 3.52. The Balaban J connectivity index is 2.09. The van der Waals surface area contributed by atoms with Gasteiger partial charge in [0, 0.05) is 20.1 Å². The quantitative estimate of drug-likeness (QED) is 0.788. The summed E-state index contributed by atoms with van der Waals surface area (Å²) >= 11 is 0. The van der Waals surface area contributed by atoms with Crippen molar-refractivity contribution >= 4 is 17.0 Å². The van der Waals surface area contributed by atoms with Gasteiger partial charge >= 0.3 is 0 Å². The second-order valence-corrected chi connectivity index (χ2v) is 5.84. The van der Waals surface area contributed by atoms with Crippen LogP contribution in [0.4, 0.5) is 0 Å². The number of hydrogen-bond acceptors (Lipinski definition) is 5. The van der Waals surface area contributed by atoms with Gasteiger partial charge in [-0.15, -0.1) is 0 Å². The van der Waals surface area contributed by atoms with Gasteiger partial charge in [0.15, 0.2) is 0 Å². The van der Waals surface area contributed by atoms with Crippen molar-refractivity contribution in [1.29, 1.82) is 0 Å². The highest BCUT2D eigenvalue weighted by Gasteiger charge is 2.31. The highest BCUT2D eigenvalue weighted by atomic mass is 16.5. The van der Waals surface area contributed by atoms with Crippen LogP contribution in [-0.4, -0.2) is 45.7 Å². The lowest BCUT2D eigenvalue weighted by Crippen LogP contribution is -2.48. The zero-order valence-corrected chi connectivity index (χ0v) is 13.1. The molecule has 7 heteroatoms. The number of furan rings is 1. The average Bonchev–Trinajstić information content (AvgIpc) is 2.78. The number of hydrogen-bond donors (Lipinski definition) is 0. The Hall–Kier alpha value is -2.15. The average molecular weight is 305 g/mol. The first-order chi connectivity index (χ1) is 10.4. The van der Waals surface area contributed by atoms with Crippen LogP contribution in [0.3, 0.4) is 0 Å². The van der Waals surface area contributed by atoms with E-state index in [0.29, 0.717) is 24.4 Å². The van der Waals surface area contributed by atoms with Crippen molar-refractivity contribution in [2.45, 2.75) is 33.0 Å². The molecular formula is C15H19N3O4. The molecular weight excluding hydrogens is 286 g/mol. The SMILES string of the molecule is Cc1oc2ncn(C)c(=O)c2c1C(=O)N1C[C@@H](C)O[C@H](C)C1. The van der Waals surface area contributed by atoms with E-state index in [4.69, 9.17) is 9.15 Å². The van der Waals surface area contributed by atoms with E-state index in [1.54, 1.807) is 18.9 Å². The van der Waals surface area contributed by atoms with E-state index < -0.39 is 0 Å². The number of morpholine rings is 1. The van der Waals surface area contributed by atoms with E-state index in [9.17, 15) is 9.59 Å². The zero-order chi connectivity index (χ0) is 16.0. The fraction of sp³-hybridized carbons (Fsp3) is 0.533. The summed E-state index contributed by atoms with van der Waals surface area (Å²) in [7, 11) is 1.60. The maximum atomic E-state index is 12.9. The van der Waals surface area contributed by atoms with Crippen LogP contribution in [-0.2, 0) is 11.8 Å². The first-order valence-electron chi connectivity index (χ1n) is 7.28. The van der Waals surface area contributed by atoms with E-state index >= 15 is 0 Å². The predicted molar refractivity (Wildman–Crippen MR) is 79.9 cm³/mol. The highest BCUT2D eigenvalue weighted by molar-refractivity contribution is 6.06. The molecule has 118 valence electrons. The molecule has 2 aromatic heterocycles. The molecule has 1 amide bonds. The number of fused-ring (bicyclic) bond motifs is 1. The fourth-order valence-corrected chi connectivity index (χ4v) is 2.95. The number of rotatable bonds is 1. The van der Waals surface area contributed by atoms with Crippen molar-refractivity contribution in [2.75, 3.05) is 13.1 Å². The van der Waals surface area contributed by atoms with E-state index in [1.807, 2.05) is 13.8 Å². The minimum absolute atomic E-state index is 0.0351. The van der Waals surface area contributed by atoms with Crippen LogP contribution in [0.1, 0.15) is 30.0 Å². The maximum absolute atomic E-state index is 12.9. The molecule has 2 atom stereocenters. The molecule has 1 aliphatic rings. The number of aryl methyl sites for hydroxylation is 2. The standard InChI is InChI=1S/C15H19N3O4/c1-8-5-18(6-9(2)21-8)15(20)11-10(3)22-13-12(11)14(19)17(4)7-16-13/h7-9H,5-6H2,1-4H3/t8-,9-/m1/s1. The minimum atomic E-state index is -0.278. The van der Waals surface area contributed by atoms with Crippen LogP contribution in [0, 0.1) is 6.92 Å². The maximum Gasteiger partial charge on any atom is 0.265 e. The molecule has 1 fully saturated rings. The topological polar surface area (TPSA) is 77.6 Å². The first kappa shape index (κ1) is 14.8. The molecule has 2 aromatic rings. The van der Waals surface area contributed by atoms with Crippen LogP contribution in [0.5, 0.6) is 0 Å². The fourth-order valence-electron chi connectivity index (χ4n) is 2.95. The summed E-state index contributed by atoms with van der Waals surface area (Å²) in [5.41, 5.74) is 0.239. The Labute approximate surface area is 127 Å². The number of nitrogens with zero attached hydrogens (tertiary/aromatic N) is 3. The Morgan fingerprint density at radius 3 is 2.59 bits per heavy atom. The van der Waals surface area contributed by atoms with E-state index in [2.05, 4.69) is 4.98 Å². The molecule has 7 nitrogen and oxygen atoms in total. The summed E-state index contributed by atoms with van der Waals surface area (Å²) in [6, 6.07) is 0. The van der Waals surface area contributed by atoms with Crippen molar-refractivity contribution in [1.82, 2.24) is 14.5 Å². The van der Waals surface area contributed by atoms with Crippen LogP contribution in [0.15, 0.2) is 15.5 Å². The first-order valence-corrected chi connectivity index (χ1v) is 7.28. The van der Waals surface area contributed by atoms with Gasteiger partial charge < -0.3 is 18.6 Å². The van der Waals surface area contributed by atoms with E-state index in [0.717, 1.165) is 0 Å². The molecule has 0 bridgehead atoms. The third kappa shape index (κ3) is 2.31. The van der Waals surface area contributed by atoms with Crippen molar-refractivity contribution in [3.63, 3.8) is 0 Å². The monoisotopic (exact) mass is 305 g/mol. The molecule has 0 aliphatic carbocycles. The molecule has 3 rings (SSSR count). The Morgan fingerprint density at radius 2 is 1.95 bits per heavy atom. The lowest BCUT2D eigenvalue weighted by Gasteiger charge is -2.35. The Bertz CT molecular complexity index is 782. The van der Waals surface area contributed by atoms with Gasteiger partial charge in [0.2, 0.25) is 5.71 Å². The van der Waals surface area contributed by atoms with Gasteiger partial charge in [0.1, 0.15) is 17.5 Å². The number of ether oxygens (including phenoxy) is 1. The van der Waals surface area contributed by atoms with Crippen molar-refractivity contribution < 1.29 is 13.9 Å². The van der Waals surface area contributed by atoms with Crippen LogP contribution in [0.25, 0.3) is 11.1 Å². The summed E-state index contributed by atoms with van der Waals surface area (Å²) < 4.78 is 12.5. The summed E-state index contributed by atoms with van der Waals surface area (Å²) in [4.78, 5) is 31.0. The van der Waals surface area contributed by atoms with Crippen LogP contribution in [0.2, 0.25) is 0 Å². The van der Waals surface area contributed by atoms with Gasteiger partial charge in [-0.25, -0.2) is 4.98 Å². The molecule has 3 heterocycles. The third-order valence-electron chi connectivity index (χ3n) is 3.87. The second-order valence-electron chi connectivity index (χ2n) is 5.84. The van der Waals surface area contributed by atoms with E-state index in [-0.39, 0.29) is 34.8 Å². The van der Waals surface area contributed by atoms with Crippen LogP contribution < -0.4 is 5.56 Å². The third-order valence-corrected chi connectivity index (χ3v) is 3.87. The molecule has 0 unspecified atom stereocenters. The van der Waals surface area contributed by atoms with Gasteiger partial charge in [-0.2, -0.15) is 0 Å².